The van der Waals surface area contributed by atoms with Crippen LogP contribution in [0.3, 0.4) is 0 Å². The molecule has 23 heavy (non-hydrogen) atoms. The summed E-state index contributed by atoms with van der Waals surface area (Å²) in [6.07, 6.45) is 5.05. The molecular weight excluding hydrogens is 302 g/mol. The number of fused-ring (bicyclic) bond motifs is 4. The summed E-state index contributed by atoms with van der Waals surface area (Å²) in [6, 6.07) is 20.8. The van der Waals surface area contributed by atoms with Gasteiger partial charge in [-0.05, 0) is 54.3 Å². The summed E-state index contributed by atoms with van der Waals surface area (Å²) in [5.41, 5.74) is 5.08. The number of benzene rings is 2. The Balaban J connectivity index is 0.00000156. The highest BCUT2D eigenvalue weighted by atomic mass is 35.5. The zero-order valence-electron chi connectivity index (χ0n) is 13.9. The van der Waals surface area contributed by atoms with Crippen LogP contribution in [-0.4, -0.2) is 24.0 Å². The number of rotatable bonds is 3. The molecule has 2 heteroatoms. The highest BCUT2D eigenvalue weighted by Crippen LogP contribution is 2.44. The SMILES string of the molecule is CC12CCN(CCc3ccccc3)C(Cc3ccccc31)C2.Cl. The molecule has 0 spiro atoms. The molecule has 1 fully saturated rings. The molecule has 4 rings (SSSR count). The third-order valence-electron chi connectivity index (χ3n) is 5.81. The molecule has 1 heterocycles. The number of likely N-dealkylation sites (tertiary alicyclic amines) is 1. The summed E-state index contributed by atoms with van der Waals surface area (Å²) in [7, 11) is 0. The molecule has 0 aromatic heterocycles. The number of hydrogen-bond donors (Lipinski definition) is 0. The van der Waals surface area contributed by atoms with Crippen molar-refractivity contribution < 1.29 is 0 Å². The lowest BCUT2D eigenvalue weighted by Gasteiger charge is -2.50. The minimum atomic E-state index is 0. The standard InChI is InChI=1S/C21H25N.ClH/c1-21-12-14-22(13-11-17-7-3-2-4-8-17)19(16-21)15-18-9-5-6-10-20(18)21;/h2-10,19H,11-16H2,1H3;1H. The summed E-state index contributed by atoms with van der Waals surface area (Å²) in [4.78, 5) is 2.74. The van der Waals surface area contributed by atoms with Gasteiger partial charge in [0.25, 0.3) is 0 Å². The molecule has 1 saturated heterocycles. The number of halogens is 1. The Bertz CT molecular complexity index is 654. The van der Waals surface area contributed by atoms with Crippen LogP contribution < -0.4 is 0 Å². The van der Waals surface area contributed by atoms with Crippen molar-refractivity contribution in [2.75, 3.05) is 13.1 Å². The average Bonchev–Trinajstić information content (AvgIpc) is 2.55. The van der Waals surface area contributed by atoms with Crippen molar-refractivity contribution in [3.63, 3.8) is 0 Å². The minimum absolute atomic E-state index is 0. The highest BCUT2D eigenvalue weighted by molar-refractivity contribution is 5.85. The van der Waals surface area contributed by atoms with E-state index in [0.717, 1.165) is 6.04 Å². The third kappa shape index (κ3) is 3.18. The van der Waals surface area contributed by atoms with Gasteiger partial charge in [-0.3, -0.25) is 4.90 Å². The van der Waals surface area contributed by atoms with Crippen molar-refractivity contribution in [1.29, 1.82) is 0 Å². The molecular formula is C21H26ClN. The first-order chi connectivity index (χ1) is 10.7. The maximum absolute atomic E-state index is 2.74. The van der Waals surface area contributed by atoms with E-state index < -0.39 is 0 Å². The van der Waals surface area contributed by atoms with Gasteiger partial charge in [-0.1, -0.05) is 61.5 Å². The lowest BCUT2D eigenvalue weighted by Crippen LogP contribution is -2.52. The van der Waals surface area contributed by atoms with Gasteiger partial charge < -0.3 is 0 Å². The van der Waals surface area contributed by atoms with Crippen molar-refractivity contribution in [3.05, 3.63) is 71.3 Å². The lowest BCUT2D eigenvalue weighted by atomic mass is 9.65. The van der Waals surface area contributed by atoms with E-state index >= 15 is 0 Å². The summed E-state index contributed by atoms with van der Waals surface area (Å²) in [5.74, 6) is 0. The molecule has 2 unspecified atom stereocenters. The number of piperidine rings is 1. The van der Waals surface area contributed by atoms with Crippen molar-refractivity contribution in [2.45, 2.75) is 44.1 Å². The van der Waals surface area contributed by atoms with Gasteiger partial charge in [0.1, 0.15) is 0 Å². The second-order valence-electron chi connectivity index (χ2n) is 7.30. The van der Waals surface area contributed by atoms with E-state index in [1.165, 1.54) is 44.3 Å². The molecule has 2 aliphatic rings. The molecule has 1 aliphatic heterocycles. The highest BCUT2D eigenvalue weighted by Gasteiger charge is 2.42. The van der Waals surface area contributed by atoms with Gasteiger partial charge in [0.15, 0.2) is 0 Å². The van der Waals surface area contributed by atoms with Gasteiger partial charge in [0, 0.05) is 12.6 Å². The first-order valence-corrected chi connectivity index (χ1v) is 8.61. The Labute approximate surface area is 146 Å². The van der Waals surface area contributed by atoms with Gasteiger partial charge in [-0.2, -0.15) is 0 Å². The molecule has 2 aromatic carbocycles. The van der Waals surface area contributed by atoms with E-state index in [2.05, 4.69) is 66.4 Å². The van der Waals surface area contributed by atoms with Crippen LogP contribution in [0, 0.1) is 0 Å². The van der Waals surface area contributed by atoms with E-state index in [9.17, 15) is 0 Å². The van der Waals surface area contributed by atoms with Gasteiger partial charge in [0.2, 0.25) is 0 Å². The quantitative estimate of drug-likeness (QED) is 0.794. The Kier molecular flexibility index (Phi) is 4.79. The Morgan fingerprint density at radius 1 is 1.04 bits per heavy atom. The first kappa shape index (κ1) is 16.5. The van der Waals surface area contributed by atoms with Crippen molar-refractivity contribution >= 4 is 12.4 Å². The first-order valence-electron chi connectivity index (χ1n) is 8.61. The molecule has 2 bridgehead atoms. The Morgan fingerprint density at radius 2 is 1.78 bits per heavy atom. The predicted molar refractivity (Wildman–Crippen MR) is 99.5 cm³/mol. The van der Waals surface area contributed by atoms with E-state index in [4.69, 9.17) is 0 Å². The van der Waals surface area contributed by atoms with Crippen LogP contribution in [0.4, 0.5) is 0 Å². The van der Waals surface area contributed by atoms with Crippen LogP contribution in [-0.2, 0) is 18.3 Å². The summed E-state index contributed by atoms with van der Waals surface area (Å²) >= 11 is 0. The van der Waals surface area contributed by atoms with Gasteiger partial charge in [-0.25, -0.2) is 0 Å². The van der Waals surface area contributed by atoms with Crippen LogP contribution in [0.2, 0.25) is 0 Å². The van der Waals surface area contributed by atoms with Crippen LogP contribution in [0.25, 0.3) is 0 Å². The number of nitrogens with zero attached hydrogens (tertiary/aromatic N) is 1. The molecule has 1 aliphatic carbocycles. The fraction of sp³-hybridized carbons (Fsp3) is 0.429. The maximum atomic E-state index is 2.74. The fourth-order valence-corrected chi connectivity index (χ4v) is 4.52. The van der Waals surface area contributed by atoms with Gasteiger partial charge in [-0.15, -0.1) is 12.4 Å². The topological polar surface area (TPSA) is 3.24 Å². The predicted octanol–water partition coefficient (Wildman–Crippen LogP) is 4.63. The van der Waals surface area contributed by atoms with Crippen LogP contribution >= 0.6 is 12.4 Å². The molecule has 0 radical (unpaired) electrons. The zero-order chi connectivity index (χ0) is 15.0. The van der Waals surface area contributed by atoms with E-state index in [1.54, 1.807) is 11.1 Å². The minimum Gasteiger partial charge on any atom is -0.300 e. The van der Waals surface area contributed by atoms with E-state index in [1.807, 2.05) is 0 Å². The smallest absolute Gasteiger partial charge is 0.0144 e. The Hall–Kier alpha value is -1.31. The van der Waals surface area contributed by atoms with Crippen molar-refractivity contribution in [3.8, 4) is 0 Å². The lowest BCUT2D eigenvalue weighted by molar-refractivity contribution is 0.0886. The van der Waals surface area contributed by atoms with E-state index in [0.29, 0.717) is 5.41 Å². The monoisotopic (exact) mass is 327 g/mol. The van der Waals surface area contributed by atoms with Gasteiger partial charge >= 0.3 is 0 Å². The largest absolute Gasteiger partial charge is 0.300 e. The molecule has 0 saturated carbocycles. The number of hydrogen-bond acceptors (Lipinski definition) is 1. The molecule has 2 aromatic rings. The molecule has 0 amide bonds. The summed E-state index contributed by atoms with van der Waals surface area (Å²) < 4.78 is 0. The summed E-state index contributed by atoms with van der Waals surface area (Å²) in [5, 5.41) is 0. The maximum Gasteiger partial charge on any atom is 0.0144 e. The van der Waals surface area contributed by atoms with Gasteiger partial charge in [0.05, 0.1) is 0 Å². The second kappa shape index (κ2) is 6.67. The second-order valence-corrected chi connectivity index (χ2v) is 7.30. The third-order valence-corrected chi connectivity index (χ3v) is 5.81. The molecule has 2 atom stereocenters. The zero-order valence-corrected chi connectivity index (χ0v) is 14.7. The van der Waals surface area contributed by atoms with Crippen molar-refractivity contribution in [1.82, 2.24) is 4.90 Å². The Morgan fingerprint density at radius 3 is 2.61 bits per heavy atom. The normalized spacial score (nSPS) is 26.2. The van der Waals surface area contributed by atoms with Crippen molar-refractivity contribution in [2.24, 2.45) is 0 Å². The van der Waals surface area contributed by atoms with Crippen LogP contribution in [0.5, 0.6) is 0 Å². The molecule has 122 valence electrons. The summed E-state index contributed by atoms with van der Waals surface area (Å²) in [6.45, 7) is 4.93. The molecule has 1 nitrogen and oxygen atoms in total. The van der Waals surface area contributed by atoms with Crippen LogP contribution in [0.15, 0.2) is 54.6 Å². The molecule has 0 N–H and O–H groups in total. The van der Waals surface area contributed by atoms with Crippen LogP contribution in [0.1, 0.15) is 36.5 Å². The average molecular weight is 328 g/mol. The fourth-order valence-electron chi connectivity index (χ4n) is 4.52. The van der Waals surface area contributed by atoms with E-state index in [-0.39, 0.29) is 12.4 Å².